The second-order valence-corrected chi connectivity index (χ2v) is 9.39. The van der Waals surface area contributed by atoms with Gasteiger partial charge in [0, 0.05) is 45.5 Å². The summed E-state index contributed by atoms with van der Waals surface area (Å²) >= 11 is 3.50. The Kier molecular flexibility index (Phi) is 6.49. The molecule has 7 nitrogen and oxygen atoms in total. The summed E-state index contributed by atoms with van der Waals surface area (Å²) in [6.45, 7) is 7.35. The molecule has 0 unspecified atom stereocenters. The molecule has 4 aromatic rings. The van der Waals surface area contributed by atoms with Crippen molar-refractivity contribution in [1.29, 1.82) is 0 Å². The number of hydrogen-bond donors (Lipinski definition) is 0. The number of carbonyl (C=O) groups is 1. The number of benzene rings is 2. The van der Waals surface area contributed by atoms with Crippen LogP contribution in [0.4, 0.5) is 10.1 Å². The standard InChI is InChI=1S/C27H24BrFN4O3/c1-4-8-32-9-10-36-24-14-21(29)20(12-23(24)32)27-19(13-26(34)35-3)16(2)30-25-15-22(31-33(25)27)17-6-5-7-18(28)11-17/h4-7,11-12,14-15H,1,8-10,13H2,2-3H3. The van der Waals surface area contributed by atoms with E-state index >= 15 is 4.39 Å². The second kappa shape index (κ2) is 9.73. The zero-order valence-corrected chi connectivity index (χ0v) is 21.5. The van der Waals surface area contributed by atoms with E-state index in [4.69, 9.17) is 14.6 Å². The number of aromatic nitrogens is 3. The molecule has 0 saturated heterocycles. The van der Waals surface area contributed by atoms with Crippen molar-refractivity contribution in [2.75, 3.05) is 31.7 Å². The van der Waals surface area contributed by atoms with Crippen molar-refractivity contribution < 1.29 is 18.7 Å². The first kappa shape index (κ1) is 24.0. The Morgan fingerprint density at radius 2 is 2.14 bits per heavy atom. The van der Waals surface area contributed by atoms with Gasteiger partial charge in [0.2, 0.25) is 0 Å². The van der Waals surface area contributed by atoms with Gasteiger partial charge in [-0.05, 0) is 25.1 Å². The average molecular weight is 551 g/mol. The summed E-state index contributed by atoms with van der Waals surface area (Å²) in [6.07, 6.45) is 1.73. The van der Waals surface area contributed by atoms with Crippen LogP contribution in [0.1, 0.15) is 11.3 Å². The number of anilines is 1. The molecular formula is C27H24BrFN4O3. The molecular weight excluding hydrogens is 527 g/mol. The van der Waals surface area contributed by atoms with Crippen LogP contribution >= 0.6 is 15.9 Å². The highest BCUT2D eigenvalue weighted by atomic mass is 79.9. The van der Waals surface area contributed by atoms with Crippen LogP contribution in [-0.2, 0) is 16.0 Å². The Morgan fingerprint density at radius 1 is 1.31 bits per heavy atom. The maximum Gasteiger partial charge on any atom is 0.310 e. The number of halogens is 2. The number of esters is 1. The Hall–Kier alpha value is -3.72. The Labute approximate surface area is 216 Å². The summed E-state index contributed by atoms with van der Waals surface area (Å²) in [6, 6.07) is 12.7. The Morgan fingerprint density at radius 3 is 2.89 bits per heavy atom. The fourth-order valence-corrected chi connectivity index (χ4v) is 4.87. The van der Waals surface area contributed by atoms with E-state index in [9.17, 15) is 4.79 Å². The molecule has 2 aromatic heterocycles. The van der Waals surface area contributed by atoms with Crippen LogP contribution in [0.5, 0.6) is 5.75 Å². The highest BCUT2D eigenvalue weighted by Gasteiger charge is 2.26. The van der Waals surface area contributed by atoms with Crippen molar-refractivity contribution in [3.8, 4) is 28.3 Å². The van der Waals surface area contributed by atoms with Crippen molar-refractivity contribution in [1.82, 2.24) is 14.6 Å². The summed E-state index contributed by atoms with van der Waals surface area (Å²) in [7, 11) is 1.33. The first-order chi connectivity index (χ1) is 17.4. The molecule has 9 heteroatoms. The highest BCUT2D eigenvalue weighted by Crippen LogP contribution is 2.39. The highest BCUT2D eigenvalue weighted by molar-refractivity contribution is 9.10. The van der Waals surface area contributed by atoms with Gasteiger partial charge >= 0.3 is 5.97 Å². The van der Waals surface area contributed by atoms with Crippen molar-refractivity contribution in [3.05, 3.63) is 76.7 Å². The maximum absolute atomic E-state index is 15.7. The summed E-state index contributed by atoms with van der Waals surface area (Å²) in [5, 5.41) is 4.80. The minimum Gasteiger partial charge on any atom is -0.489 e. The third-order valence-corrected chi connectivity index (χ3v) is 6.68. The molecule has 1 aliphatic heterocycles. The van der Waals surface area contributed by atoms with Crippen LogP contribution in [-0.4, -0.2) is 47.4 Å². The summed E-state index contributed by atoms with van der Waals surface area (Å²) in [5.74, 6) is -0.460. The van der Waals surface area contributed by atoms with Gasteiger partial charge in [0.15, 0.2) is 5.65 Å². The van der Waals surface area contributed by atoms with E-state index in [1.54, 1.807) is 23.6 Å². The number of methoxy groups -OCH3 is 1. The molecule has 0 bridgehead atoms. The smallest absolute Gasteiger partial charge is 0.310 e. The van der Waals surface area contributed by atoms with Crippen LogP contribution in [0.2, 0.25) is 0 Å². The lowest BCUT2D eigenvalue weighted by Crippen LogP contribution is -2.32. The molecule has 2 aromatic carbocycles. The molecule has 184 valence electrons. The van der Waals surface area contributed by atoms with E-state index in [1.807, 2.05) is 30.3 Å². The first-order valence-corrected chi connectivity index (χ1v) is 12.2. The summed E-state index contributed by atoms with van der Waals surface area (Å²) in [5.41, 5.74) is 4.74. The van der Waals surface area contributed by atoms with Gasteiger partial charge in [-0.25, -0.2) is 13.9 Å². The number of hydrogen-bond acceptors (Lipinski definition) is 6. The normalized spacial score (nSPS) is 12.8. The number of aryl methyl sites for hydroxylation is 1. The lowest BCUT2D eigenvalue weighted by molar-refractivity contribution is -0.139. The van der Waals surface area contributed by atoms with Gasteiger partial charge in [-0.15, -0.1) is 6.58 Å². The second-order valence-electron chi connectivity index (χ2n) is 8.47. The van der Waals surface area contributed by atoms with Gasteiger partial charge in [0.05, 0.1) is 37.2 Å². The summed E-state index contributed by atoms with van der Waals surface area (Å²) in [4.78, 5) is 19.1. The predicted molar refractivity (Wildman–Crippen MR) is 140 cm³/mol. The number of ether oxygens (including phenoxy) is 2. The summed E-state index contributed by atoms with van der Waals surface area (Å²) < 4.78 is 28.9. The molecule has 0 aliphatic carbocycles. The van der Waals surface area contributed by atoms with Gasteiger partial charge in [-0.2, -0.15) is 5.10 Å². The minimum atomic E-state index is -0.480. The predicted octanol–water partition coefficient (Wildman–Crippen LogP) is 5.37. The molecule has 0 amide bonds. The number of nitrogens with zero attached hydrogens (tertiary/aromatic N) is 4. The van der Waals surface area contributed by atoms with Gasteiger partial charge in [0.1, 0.15) is 18.2 Å². The lowest BCUT2D eigenvalue weighted by Gasteiger charge is -2.31. The topological polar surface area (TPSA) is 69.0 Å². The van der Waals surface area contributed by atoms with E-state index < -0.39 is 11.8 Å². The van der Waals surface area contributed by atoms with Crippen molar-refractivity contribution in [2.24, 2.45) is 0 Å². The molecule has 3 heterocycles. The SMILES string of the molecule is C=CCN1CCOc2cc(F)c(-c3c(CC(=O)OC)c(C)nc4cc(-c5cccc(Br)c5)nn34)cc21. The Balaban J connectivity index is 1.79. The van der Waals surface area contributed by atoms with E-state index in [2.05, 4.69) is 32.4 Å². The molecule has 5 rings (SSSR count). The van der Waals surface area contributed by atoms with Gasteiger partial charge < -0.3 is 14.4 Å². The molecule has 36 heavy (non-hydrogen) atoms. The number of fused-ring (bicyclic) bond motifs is 2. The van der Waals surface area contributed by atoms with Crippen LogP contribution in [0.3, 0.4) is 0 Å². The molecule has 1 aliphatic rings. The third kappa shape index (κ3) is 4.35. The molecule has 0 N–H and O–H groups in total. The fourth-order valence-electron chi connectivity index (χ4n) is 4.47. The van der Waals surface area contributed by atoms with Crippen molar-refractivity contribution in [2.45, 2.75) is 13.3 Å². The number of carbonyl (C=O) groups excluding carboxylic acids is 1. The van der Waals surface area contributed by atoms with E-state index in [-0.39, 0.29) is 6.42 Å². The number of rotatable bonds is 6. The lowest BCUT2D eigenvalue weighted by atomic mass is 10.00. The third-order valence-electron chi connectivity index (χ3n) is 6.19. The molecule has 0 fully saturated rings. The zero-order valence-electron chi connectivity index (χ0n) is 19.9. The van der Waals surface area contributed by atoms with Crippen molar-refractivity contribution in [3.63, 3.8) is 0 Å². The largest absolute Gasteiger partial charge is 0.489 e. The van der Waals surface area contributed by atoms with Gasteiger partial charge in [-0.3, -0.25) is 4.79 Å². The quantitative estimate of drug-likeness (QED) is 0.237. The van der Waals surface area contributed by atoms with Gasteiger partial charge in [-0.1, -0.05) is 34.1 Å². The fraction of sp³-hybridized carbons (Fsp3) is 0.222. The van der Waals surface area contributed by atoms with E-state index in [0.29, 0.717) is 59.3 Å². The monoisotopic (exact) mass is 550 g/mol. The van der Waals surface area contributed by atoms with E-state index in [1.165, 1.54) is 13.2 Å². The van der Waals surface area contributed by atoms with Crippen LogP contribution < -0.4 is 9.64 Å². The molecule has 0 atom stereocenters. The van der Waals surface area contributed by atoms with E-state index in [0.717, 1.165) is 15.7 Å². The van der Waals surface area contributed by atoms with Crippen molar-refractivity contribution >= 4 is 33.2 Å². The molecule has 0 saturated carbocycles. The van der Waals surface area contributed by atoms with Gasteiger partial charge in [0.25, 0.3) is 0 Å². The van der Waals surface area contributed by atoms with Crippen LogP contribution in [0.15, 0.2) is 59.6 Å². The Bertz CT molecular complexity index is 1500. The minimum absolute atomic E-state index is 0.0733. The average Bonchev–Trinajstić information content (AvgIpc) is 3.28. The zero-order chi connectivity index (χ0) is 25.4. The maximum atomic E-state index is 15.7. The molecule has 0 spiro atoms. The first-order valence-electron chi connectivity index (χ1n) is 11.4. The molecule has 0 radical (unpaired) electrons. The van der Waals surface area contributed by atoms with Crippen LogP contribution in [0.25, 0.3) is 28.2 Å². The van der Waals surface area contributed by atoms with Crippen LogP contribution in [0, 0.1) is 12.7 Å².